The van der Waals surface area contributed by atoms with Gasteiger partial charge >= 0.3 is 11.9 Å². The molecule has 31 heavy (non-hydrogen) atoms. The highest BCUT2D eigenvalue weighted by Gasteiger charge is 2.23. The molecule has 0 aliphatic rings. The third kappa shape index (κ3) is 4.69. The molecule has 0 radical (unpaired) electrons. The van der Waals surface area contributed by atoms with Crippen LogP contribution in [-0.4, -0.2) is 22.2 Å². The Bertz CT molecular complexity index is 1110. The van der Waals surface area contributed by atoms with E-state index in [1.807, 2.05) is 24.3 Å². The molecule has 3 aromatic rings. The van der Waals surface area contributed by atoms with Crippen molar-refractivity contribution in [2.24, 2.45) is 5.92 Å². The summed E-state index contributed by atoms with van der Waals surface area (Å²) in [5.41, 5.74) is 5.39. The monoisotopic (exact) mass is 416 g/mol. The van der Waals surface area contributed by atoms with Gasteiger partial charge in [-0.2, -0.15) is 0 Å². The van der Waals surface area contributed by atoms with Crippen LogP contribution in [0.3, 0.4) is 0 Å². The lowest BCUT2D eigenvalue weighted by atomic mass is 9.81. The summed E-state index contributed by atoms with van der Waals surface area (Å²) in [7, 11) is 0. The van der Waals surface area contributed by atoms with Crippen molar-refractivity contribution in [3.8, 4) is 22.3 Å². The van der Waals surface area contributed by atoms with Crippen molar-refractivity contribution in [1.29, 1.82) is 0 Å². The summed E-state index contributed by atoms with van der Waals surface area (Å²) >= 11 is 0. The number of carboxylic acid groups (broad SMARTS) is 2. The molecule has 0 bridgehead atoms. The smallest absolute Gasteiger partial charge is 0.336 e. The number of aromatic carboxylic acids is 2. The summed E-state index contributed by atoms with van der Waals surface area (Å²) in [6.45, 7) is 6.33. The van der Waals surface area contributed by atoms with Crippen molar-refractivity contribution in [3.63, 3.8) is 0 Å². The molecule has 4 heteroatoms. The standard InChI is InChI=1S/C27H28O4/c1-4-9-18-14-15-19(16-17(2)3)25(21-11-6-8-13-23(21)27(30)31)24(18)20-10-5-7-12-22(20)26(28)29/h5-8,10-15,17H,4,9,16H2,1-3H3,(H,28,29)(H,30,31). The minimum Gasteiger partial charge on any atom is -0.478 e. The number of benzene rings is 3. The zero-order chi connectivity index (χ0) is 22.5. The van der Waals surface area contributed by atoms with E-state index in [9.17, 15) is 19.8 Å². The summed E-state index contributed by atoms with van der Waals surface area (Å²) in [6.07, 6.45) is 2.43. The van der Waals surface area contributed by atoms with Gasteiger partial charge in [-0.25, -0.2) is 9.59 Å². The maximum Gasteiger partial charge on any atom is 0.336 e. The molecule has 0 saturated heterocycles. The molecular weight excluding hydrogens is 388 g/mol. The van der Waals surface area contributed by atoms with Gasteiger partial charge in [0.05, 0.1) is 11.1 Å². The largest absolute Gasteiger partial charge is 0.478 e. The van der Waals surface area contributed by atoms with Crippen LogP contribution < -0.4 is 0 Å². The number of carboxylic acids is 2. The van der Waals surface area contributed by atoms with Crippen LogP contribution in [0.2, 0.25) is 0 Å². The average molecular weight is 417 g/mol. The molecule has 160 valence electrons. The van der Waals surface area contributed by atoms with E-state index in [-0.39, 0.29) is 11.1 Å². The van der Waals surface area contributed by atoms with Crippen molar-refractivity contribution in [1.82, 2.24) is 0 Å². The molecule has 0 amide bonds. The molecule has 0 fully saturated rings. The first kappa shape index (κ1) is 22.3. The number of rotatable bonds is 8. The van der Waals surface area contributed by atoms with Crippen LogP contribution in [0.1, 0.15) is 59.0 Å². The molecule has 0 aliphatic carbocycles. The van der Waals surface area contributed by atoms with E-state index in [1.165, 1.54) is 0 Å². The summed E-state index contributed by atoms with van der Waals surface area (Å²) in [4.78, 5) is 24.1. The van der Waals surface area contributed by atoms with Crippen LogP contribution in [0.25, 0.3) is 22.3 Å². The van der Waals surface area contributed by atoms with Gasteiger partial charge in [0.2, 0.25) is 0 Å². The molecule has 3 rings (SSSR count). The number of carbonyl (C=O) groups is 2. The molecule has 2 N–H and O–H groups in total. The number of hydrogen-bond acceptors (Lipinski definition) is 2. The van der Waals surface area contributed by atoms with Crippen molar-refractivity contribution < 1.29 is 19.8 Å². The van der Waals surface area contributed by atoms with Gasteiger partial charge in [0.15, 0.2) is 0 Å². The maximum absolute atomic E-state index is 12.1. The van der Waals surface area contributed by atoms with Gasteiger partial charge in [-0.3, -0.25) is 0 Å². The lowest BCUT2D eigenvalue weighted by Crippen LogP contribution is -2.08. The van der Waals surface area contributed by atoms with E-state index < -0.39 is 11.9 Å². The fraction of sp³-hybridized carbons (Fsp3) is 0.259. The van der Waals surface area contributed by atoms with Gasteiger partial charge in [-0.1, -0.05) is 75.7 Å². The Morgan fingerprint density at radius 1 is 0.742 bits per heavy atom. The van der Waals surface area contributed by atoms with E-state index in [1.54, 1.807) is 24.3 Å². The Kier molecular flexibility index (Phi) is 6.91. The van der Waals surface area contributed by atoms with E-state index in [4.69, 9.17) is 0 Å². The normalized spacial score (nSPS) is 11.0. The maximum atomic E-state index is 12.1. The third-order valence-corrected chi connectivity index (χ3v) is 5.38. The zero-order valence-electron chi connectivity index (χ0n) is 18.2. The van der Waals surface area contributed by atoms with Crippen LogP contribution in [0.5, 0.6) is 0 Å². The second-order valence-corrected chi connectivity index (χ2v) is 8.18. The third-order valence-electron chi connectivity index (χ3n) is 5.38. The molecule has 0 heterocycles. The van der Waals surface area contributed by atoms with E-state index in [0.29, 0.717) is 17.0 Å². The number of aryl methyl sites for hydroxylation is 1. The van der Waals surface area contributed by atoms with Crippen molar-refractivity contribution in [2.45, 2.75) is 40.0 Å². The molecule has 0 unspecified atom stereocenters. The van der Waals surface area contributed by atoms with Gasteiger partial charge in [0, 0.05) is 0 Å². The van der Waals surface area contributed by atoms with Crippen LogP contribution in [0.4, 0.5) is 0 Å². The lowest BCUT2D eigenvalue weighted by molar-refractivity contribution is 0.0686. The predicted molar refractivity (Wildman–Crippen MR) is 124 cm³/mol. The van der Waals surface area contributed by atoms with Crippen molar-refractivity contribution in [2.75, 3.05) is 0 Å². The second kappa shape index (κ2) is 9.61. The first-order valence-corrected chi connectivity index (χ1v) is 10.6. The summed E-state index contributed by atoms with van der Waals surface area (Å²) in [6, 6.07) is 18.1. The molecule has 0 aliphatic heterocycles. The van der Waals surface area contributed by atoms with Gasteiger partial charge in [0.25, 0.3) is 0 Å². The minimum absolute atomic E-state index is 0.218. The number of hydrogen-bond donors (Lipinski definition) is 2. The topological polar surface area (TPSA) is 74.6 Å². The average Bonchev–Trinajstić information content (AvgIpc) is 2.74. The summed E-state index contributed by atoms with van der Waals surface area (Å²) in [5.74, 6) is -1.63. The van der Waals surface area contributed by atoms with Crippen LogP contribution in [0, 0.1) is 5.92 Å². The van der Waals surface area contributed by atoms with Crippen LogP contribution in [0.15, 0.2) is 60.7 Å². The van der Waals surface area contributed by atoms with Crippen molar-refractivity contribution >= 4 is 11.9 Å². The molecule has 0 aromatic heterocycles. The lowest BCUT2D eigenvalue weighted by Gasteiger charge is -2.22. The molecule has 0 saturated carbocycles. The highest BCUT2D eigenvalue weighted by molar-refractivity contribution is 6.04. The Balaban J connectivity index is 2.49. The molecule has 3 aromatic carbocycles. The first-order chi connectivity index (χ1) is 14.8. The van der Waals surface area contributed by atoms with Crippen LogP contribution in [-0.2, 0) is 12.8 Å². The zero-order valence-corrected chi connectivity index (χ0v) is 18.2. The SMILES string of the molecule is CCCc1ccc(CC(C)C)c(-c2ccccc2C(=O)O)c1-c1ccccc1C(=O)O. The minimum atomic E-state index is -0.996. The fourth-order valence-corrected chi connectivity index (χ4v) is 4.17. The van der Waals surface area contributed by atoms with E-state index in [0.717, 1.165) is 41.5 Å². The summed E-state index contributed by atoms with van der Waals surface area (Å²) < 4.78 is 0. The fourth-order valence-electron chi connectivity index (χ4n) is 4.17. The highest BCUT2D eigenvalue weighted by Crippen LogP contribution is 2.42. The van der Waals surface area contributed by atoms with E-state index >= 15 is 0 Å². The first-order valence-electron chi connectivity index (χ1n) is 10.6. The second-order valence-electron chi connectivity index (χ2n) is 8.18. The Morgan fingerprint density at radius 3 is 1.65 bits per heavy atom. The van der Waals surface area contributed by atoms with Gasteiger partial charge in [-0.15, -0.1) is 0 Å². The molecule has 4 nitrogen and oxygen atoms in total. The molecule has 0 atom stereocenters. The van der Waals surface area contributed by atoms with Gasteiger partial charge < -0.3 is 10.2 Å². The quantitative estimate of drug-likeness (QED) is 0.436. The van der Waals surface area contributed by atoms with E-state index in [2.05, 4.69) is 32.9 Å². The van der Waals surface area contributed by atoms with Gasteiger partial charge in [0.1, 0.15) is 0 Å². The molecular formula is C27H28O4. The van der Waals surface area contributed by atoms with Crippen molar-refractivity contribution in [3.05, 3.63) is 82.9 Å². The predicted octanol–water partition coefficient (Wildman–Crippen LogP) is 6.57. The summed E-state index contributed by atoms with van der Waals surface area (Å²) in [5, 5.41) is 19.8. The highest BCUT2D eigenvalue weighted by atomic mass is 16.4. The van der Waals surface area contributed by atoms with Crippen LogP contribution >= 0.6 is 0 Å². The molecule has 0 spiro atoms. The Morgan fingerprint density at radius 2 is 1.19 bits per heavy atom. The Hall–Kier alpha value is -3.40. The van der Waals surface area contributed by atoms with Gasteiger partial charge in [-0.05, 0) is 64.3 Å². The Labute approximate surface area is 183 Å².